The van der Waals surface area contributed by atoms with Crippen molar-refractivity contribution in [3.63, 3.8) is 0 Å². The van der Waals surface area contributed by atoms with Crippen LogP contribution in [0, 0.1) is 6.92 Å². The largest absolute Gasteiger partial charge is 0.396 e. The first-order valence-electron chi connectivity index (χ1n) is 6.28. The summed E-state index contributed by atoms with van der Waals surface area (Å²) in [5.74, 6) is 1.41. The van der Waals surface area contributed by atoms with Crippen LogP contribution in [0.25, 0.3) is 0 Å². The summed E-state index contributed by atoms with van der Waals surface area (Å²) in [4.78, 5) is 4.44. The van der Waals surface area contributed by atoms with Crippen LogP contribution >= 0.6 is 0 Å². The molecule has 1 aromatic heterocycles. The Bertz CT molecular complexity index is 551. The van der Waals surface area contributed by atoms with E-state index >= 15 is 0 Å². The molecule has 0 radical (unpaired) electrons. The maximum Gasteiger partial charge on any atom is 0.149 e. The van der Waals surface area contributed by atoms with Crippen LogP contribution in [0.1, 0.15) is 23.6 Å². The Morgan fingerprint density at radius 3 is 2.72 bits per heavy atom. The minimum atomic E-state index is 0.462. The second kappa shape index (κ2) is 4.33. The predicted molar refractivity (Wildman–Crippen MR) is 74.6 cm³/mol. The van der Waals surface area contributed by atoms with Gasteiger partial charge in [-0.2, -0.15) is 0 Å². The molecule has 1 aliphatic carbocycles. The molecular weight excluding hydrogens is 222 g/mol. The van der Waals surface area contributed by atoms with Gasteiger partial charge in [0.25, 0.3) is 0 Å². The molecule has 0 aliphatic heterocycles. The number of aromatic nitrogens is 1. The highest BCUT2D eigenvalue weighted by Crippen LogP contribution is 2.43. The number of rotatable bonds is 3. The molecule has 0 bridgehead atoms. The van der Waals surface area contributed by atoms with Gasteiger partial charge in [0.2, 0.25) is 0 Å². The van der Waals surface area contributed by atoms with Gasteiger partial charge in [-0.1, -0.05) is 30.3 Å². The quantitative estimate of drug-likeness (QED) is 0.865. The van der Waals surface area contributed by atoms with E-state index in [0.717, 1.165) is 23.6 Å². The Hall–Kier alpha value is -2.03. The topological polar surface area (TPSA) is 50.9 Å². The normalized spacial score (nSPS) is 21.6. The highest BCUT2D eigenvalue weighted by Gasteiger charge is 2.38. The van der Waals surface area contributed by atoms with Gasteiger partial charge in [-0.25, -0.2) is 4.98 Å². The Labute approximate surface area is 107 Å². The molecule has 92 valence electrons. The first-order chi connectivity index (χ1) is 8.74. The summed E-state index contributed by atoms with van der Waals surface area (Å²) in [6.45, 7) is 1.98. The molecule has 2 aromatic rings. The highest BCUT2D eigenvalue weighted by atomic mass is 15.1. The molecule has 3 N–H and O–H groups in total. The van der Waals surface area contributed by atoms with Crippen molar-refractivity contribution >= 4 is 11.5 Å². The van der Waals surface area contributed by atoms with E-state index in [4.69, 9.17) is 5.73 Å². The number of nitrogens with zero attached hydrogens (tertiary/aromatic N) is 1. The van der Waals surface area contributed by atoms with Gasteiger partial charge < -0.3 is 11.1 Å². The van der Waals surface area contributed by atoms with Crippen molar-refractivity contribution in [3.8, 4) is 0 Å². The van der Waals surface area contributed by atoms with Crippen LogP contribution in [0.2, 0.25) is 0 Å². The van der Waals surface area contributed by atoms with Crippen LogP contribution in [0.3, 0.4) is 0 Å². The molecule has 2 atom stereocenters. The van der Waals surface area contributed by atoms with Crippen molar-refractivity contribution in [1.82, 2.24) is 4.98 Å². The van der Waals surface area contributed by atoms with Crippen LogP contribution < -0.4 is 11.1 Å². The molecule has 1 heterocycles. The molecule has 1 fully saturated rings. The van der Waals surface area contributed by atoms with Crippen LogP contribution in [-0.2, 0) is 0 Å². The Morgan fingerprint density at radius 2 is 1.94 bits per heavy atom. The number of nitrogens with two attached hydrogens (primary N) is 1. The zero-order valence-electron chi connectivity index (χ0n) is 10.4. The zero-order chi connectivity index (χ0) is 12.5. The first-order valence-corrected chi connectivity index (χ1v) is 6.28. The molecule has 0 amide bonds. The third-order valence-electron chi connectivity index (χ3n) is 3.41. The zero-order valence-corrected chi connectivity index (χ0v) is 10.4. The van der Waals surface area contributed by atoms with Gasteiger partial charge in [-0.05, 0) is 31.0 Å². The molecule has 3 heteroatoms. The third-order valence-corrected chi connectivity index (χ3v) is 3.41. The Morgan fingerprint density at radius 1 is 1.17 bits per heavy atom. The Kier molecular flexibility index (Phi) is 2.67. The summed E-state index contributed by atoms with van der Waals surface area (Å²) in [6.07, 6.45) is 1.15. The number of hydrogen-bond acceptors (Lipinski definition) is 3. The summed E-state index contributed by atoms with van der Waals surface area (Å²) < 4.78 is 0. The van der Waals surface area contributed by atoms with Gasteiger partial charge in [0.05, 0.1) is 5.69 Å². The predicted octanol–water partition coefficient (Wildman–Crippen LogP) is 2.94. The number of anilines is 2. The Balaban J connectivity index is 1.71. The van der Waals surface area contributed by atoms with Gasteiger partial charge in [-0.15, -0.1) is 0 Å². The lowest BCUT2D eigenvalue weighted by Crippen LogP contribution is -2.08. The molecule has 3 rings (SSSR count). The van der Waals surface area contributed by atoms with E-state index in [-0.39, 0.29) is 0 Å². The fourth-order valence-corrected chi connectivity index (χ4v) is 2.28. The minimum absolute atomic E-state index is 0.462. The molecule has 0 saturated heterocycles. The molecule has 1 aromatic carbocycles. The molecule has 1 aliphatic rings. The summed E-state index contributed by atoms with van der Waals surface area (Å²) in [6, 6.07) is 14.9. The van der Waals surface area contributed by atoms with Crippen LogP contribution in [0.15, 0.2) is 42.5 Å². The first kappa shape index (κ1) is 11.1. The average Bonchev–Trinajstić information content (AvgIpc) is 3.14. The second-order valence-corrected chi connectivity index (χ2v) is 4.89. The molecule has 0 spiro atoms. The van der Waals surface area contributed by atoms with Crippen molar-refractivity contribution in [2.75, 3.05) is 11.1 Å². The van der Waals surface area contributed by atoms with Gasteiger partial charge in [0, 0.05) is 17.7 Å². The number of benzene rings is 1. The molecule has 18 heavy (non-hydrogen) atoms. The minimum Gasteiger partial charge on any atom is -0.396 e. The van der Waals surface area contributed by atoms with E-state index in [1.807, 2.05) is 19.1 Å². The summed E-state index contributed by atoms with van der Waals surface area (Å²) in [5.41, 5.74) is 9.03. The van der Waals surface area contributed by atoms with E-state index in [1.165, 1.54) is 5.56 Å². The van der Waals surface area contributed by atoms with Gasteiger partial charge in [-0.3, -0.25) is 0 Å². The van der Waals surface area contributed by atoms with Crippen molar-refractivity contribution in [2.24, 2.45) is 0 Å². The fourth-order valence-electron chi connectivity index (χ4n) is 2.28. The lowest BCUT2D eigenvalue weighted by molar-refractivity contribution is 1.02. The smallest absolute Gasteiger partial charge is 0.149 e. The van der Waals surface area contributed by atoms with Crippen molar-refractivity contribution in [3.05, 3.63) is 53.7 Å². The van der Waals surface area contributed by atoms with Gasteiger partial charge >= 0.3 is 0 Å². The van der Waals surface area contributed by atoms with E-state index < -0.39 is 0 Å². The number of nitrogens with one attached hydrogen (secondary N) is 1. The molecule has 1 saturated carbocycles. The maximum absolute atomic E-state index is 5.92. The van der Waals surface area contributed by atoms with E-state index in [0.29, 0.717) is 12.0 Å². The van der Waals surface area contributed by atoms with Gasteiger partial charge in [0.15, 0.2) is 0 Å². The number of nitrogen functional groups attached to an aromatic ring is 1. The standard InChI is InChI=1S/C15H17N3/c1-10-7-8-13(16)15(17-10)18-14-9-12(14)11-5-3-2-4-6-11/h2-8,12,14H,9,16H2,1H3,(H,17,18). The number of aryl methyl sites for hydroxylation is 1. The van der Waals surface area contributed by atoms with Crippen molar-refractivity contribution in [2.45, 2.75) is 25.3 Å². The maximum atomic E-state index is 5.92. The van der Waals surface area contributed by atoms with E-state index in [1.54, 1.807) is 0 Å². The van der Waals surface area contributed by atoms with Crippen LogP contribution in [0.4, 0.5) is 11.5 Å². The van der Waals surface area contributed by atoms with Crippen LogP contribution in [-0.4, -0.2) is 11.0 Å². The SMILES string of the molecule is Cc1ccc(N)c(NC2CC2c2ccccc2)n1. The summed E-state index contributed by atoms with van der Waals surface area (Å²) in [7, 11) is 0. The monoisotopic (exact) mass is 239 g/mol. The molecular formula is C15H17N3. The lowest BCUT2D eigenvalue weighted by atomic mass is 10.1. The number of hydrogen-bond donors (Lipinski definition) is 2. The lowest BCUT2D eigenvalue weighted by Gasteiger charge is -2.08. The van der Waals surface area contributed by atoms with Crippen molar-refractivity contribution < 1.29 is 0 Å². The van der Waals surface area contributed by atoms with Crippen molar-refractivity contribution in [1.29, 1.82) is 0 Å². The fraction of sp³-hybridized carbons (Fsp3) is 0.267. The third kappa shape index (κ3) is 2.16. The van der Waals surface area contributed by atoms with Gasteiger partial charge in [0.1, 0.15) is 5.82 Å². The van der Waals surface area contributed by atoms with Crippen LogP contribution in [0.5, 0.6) is 0 Å². The second-order valence-electron chi connectivity index (χ2n) is 4.89. The molecule has 3 nitrogen and oxygen atoms in total. The van der Waals surface area contributed by atoms with E-state index in [9.17, 15) is 0 Å². The summed E-state index contributed by atoms with van der Waals surface area (Å²) in [5, 5.41) is 3.44. The average molecular weight is 239 g/mol. The number of pyridine rings is 1. The molecule has 2 unspecified atom stereocenters. The highest BCUT2D eigenvalue weighted by molar-refractivity contribution is 5.62. The van der Waals surface area contributed by atoms with E-state index in [2.05, 4.69) is 40.6 Å². The summed E-state index contributed by atoms with van der Waals surface area (Å²) >= 11 is 0.